The Labute approximate surface area is 92.6 Å². The van der Waals surface area contributed by atoms with Gasteiger partial charge in [0.2, 0.25) is 5.76 Å². The molecule has 0 saturated heterocycles. The lowest BCUT2D eigenvalue weighted by Crippen LogP contribution is -2.40. The van der Waals surface area contributed by atoms with Crippen LogP contribution in [-0.4, -0.2) is 28.2 Å². The summed E-state index contributed by atoms with van der Waals surface area (Å²) in [6.07, 6.45) is 1.06. The quantitative estimate of drug-likeness (QED) is 0.780. The monoisotopic (exact) mass is 226 g/mol. The molecule has 0 radical (unpaired) electrons. The molecule has 0 fully saturated rings. The van der Waals surface area contributed by atoms with Gasteiger partial charge in [0.05, 0.1) is 5.69 Å². The molecule has 0 aromatic carbocycles. The van der Waals surface area contributed by atoms with Gasteiger partial charge in [-0.1, -0.05) is 18.5 Å². The summed E-state index contributed by atoms with van der Waals surface area (Å²) in [5.74, 6) is -1.58. The van der Waals surface area contributed by atoms with Crippen molar-refractivity contribution in [2.24, 2.45) is 0 Å². The van der Waals surface area contributed by atoms with Crippen LogP contribution in [0.1, 0.15) is 36.0 Å². The van der Waals surface area contributed by atoms with Gasteiger partial charge in [-0.05, 0) is 13.3 Å². The van der Waals surface area contributed by atoms with Crippen molar-refractivity contribution in [1.82, 2.24) is 10.5 Å². The Kier molecular flexibility index (Phi) is 4.04. The molecule has 2 N–H and O–H groups in total. The van der Waals surface area contributed by atoms with Crippen molar-refractivity contribution in [3.8, 4) is 0 Å². The van der Waals surface area contributed by atoms with Gasteiger partial charge in [-0.3, -0.25) is 4.79 Å². The summed E-state index contributed by atoms with van der Waals surface area (Å²) in [5.41, 5.74) is 0.576. The number of carbonyl (C=O) groups excluding carboxylic acids is 1. The number of carboxylic acids is 1. The van der Waals surface area contributed by atoms with Crippen molar-refractivity contribution in [3.63, 3.8) is 0 Å². The molecule has 1 atom stereocenters. The molecule has 6 heteroatoms. The van der Waals surface area contributed by atoms with Gasteiger partial charge in [-0.25, -0.2) is 4.79 Å². The van der Waals surface area contributed by atoms with E-state index in [9.17, 15) is 9.59 Å². The molecule has 1 heterocycles. The molecule has 1 aromatic heterocycles. The van der Waals surface area contributed by atoms with Crippen molar-refractivity contribution >= 4 is 11.9 Å². The molecule has 0 bridgehead atoms. The smallest absolute Gasteiger partial charge is 0.326 e. The number of aliphatic carboxylic acids is 1. The Morgan fingerprint density at radius 3 is 2.75 bits per heavy atom. The van der Waals surface area contributed by atoms with Crippen LogP contribution in [0.2, 0.25) is 0 Å². The Morgan fingerprint density at radius 2 is 2.31 bits per heavy atom. The highest BCUT2D eigenvalue weighted by Gasteiger charge is 2.21. The highest BCUT2D eigenvalue weighted by atomic mass is 16.5. The highest BCUT2D eigenvalue weighted by molar-refractivity contribution is 5.94. The number of aryl methyl sites for hydroxylation is 1. The van der Waals surface area contributed by atoms with Crippen LogP contribution < -0.4 is 5.32 Å². The third-order valence-electron chi connectivity index (χ3n) is 2.03. The summed E-state index contributed by atoms with van der Waals surface area (Å²) >= 11 is 0. The first-order valence-electron chi connectivity index (χ1n) is 5.01. The van der Waals surface area contributed by atoms with E-state index in [0.717, 1.165) is 0 Å². The van der Waals surface area contributed by atoms with Crippen LogP contribution in [0.5, 0.6) is 0 Å². The second-order valence-electron chi connectivity index (χ2n) is 3.49. The fraction of sp³-hybridized carbons (Fsp3) is 0.500. The first-order valence-corrected chi connectivity index (χ1v) is 5.01. The number of carbonyl (C=O) groups is 2. The fourth-order valence-electron chi connectivity index (χ4n) is 1.25. The second kappa shape index (κ2) is 5.29. The number of nitrogens with one attached hydrogen (secondary N) is 1. The van der Waals surface area contributed by atoms with Crippen LogP contribution in [0.15, 0.2) is 10.6 Å². The van der Waals surface area contributed by atoms with E-state index >= 15 is 0 Å². The Hall–Kier alpha value is -1.85. The Bertz CT molecular complexity index is 386. The number of aromatic nitrogens is 1. The average Bonchev–Trinajstić information content (AvgIpc) is 2.64. The lowest BCUT2D eigenvalue weighted by Gasteiger charge is -2.11. The number of hydrogen-bond donors (Lipinski definition) is 2. The zero-order valence-corrected chi connectivity index (χ0v) is 9.19. The summed E-state index contributed by atoms with van der Waals surface area (Å²) < 4.78 is 4.73. The number of hydrogen-bond acceptors (Lipinski definition) is 4. The van der Waals surface area contributed by atoms with Crippen molar-refractivity contribution in [3.05, 3.63) is 17.5 Å². The van der Waals surface area contributed by atoms with Crippen molar-refractivity contribution < 1.29 is 19.2 Å². The molecule has 1 rings (SSSR count). The predicted octanol–water partition coefficient (Wildman–Crippen LogP) is 0.966. The van der Waals surface area contributed by atoms with Crippen LogP contribution >= 0.6 is 0 Å². The van der Waals surface area contributed by atoms with Crippen molar-refractivity contribution in [1.29, 1.82) is 0 Å². The maximum Gasteiger partial charge on any atom is 0.326 e. The molecule has 0 unspecified atom stereocenters. The third-order valence-corrected chi connectivity index (χ3v) is 2.03. The molecule has 16 heavy (non-hydrogen) atoms. The maximum atomic E-state index is 11.5. The standard InChI is InChI=1S/C10H14N2O4/c1-3-4-7(10(14)15)11-9(13)8-5-6(2)12-16-8/h5,7H,3-4H2,1-2H3,(H,11,13)(H,14,15)/t7-/m0/s1. The van der Waals surface area contributed by atoms with Crippen LogP contribution in [-0.2, 0) is 4.79 Å². The normalized spacial score (nSPS) is 12.1. The van der Waals surface area contributed by atoms with Gasteiger partial charge in [0.15, 0.2) is 0 Å². The minimum absolute atomic E-state index is 0.0276. The van der Waals surface area contributed by atoms with E-state index in [1.807, 2.05) is 6.92 Å². The van der Waals surface area contributed by atoms with E-state index in [1.165, 1.54) is 6.07 Å². The number of rotatable bonds is 5. The summed E-state index contributed by atoms with van der Waals surface area (Å²) in [4.78, 5) is 22.3. The summed E-state index contributed by atoms with van der Waals surface area (Å²) in [6.45, 7) is 3.53. The third kappa shape index (κ3) is 3.08. The minimum atomic E-state index is -1.05. The van der Waals surface area contributed by atoms with E-state index < -0.39 is 17.9 Å². The minimum Gasteiger partial charge on any atom is -0.480 e. The lowest BCUT2D eigenvalue weighted by atomic mass is 10.1. The van der Waals surface area contributed by atoms with Gasteiger partial charge in [-0.2, -0.15) is 0 Å². The molecule has 0 aliphatic rings. The topological polar surface area (TPSA) is 92.4 Å². The zero-order valence-electron chi connectivity index (χ0n) is 9.19. The first kappa shape index (κ1) is 12.2. The lowest BCUT2D eigenvalue weighted by molar-refractivity contribution is -0.139. The van der Waals surface area contributed by atoms with E-state index in [0.29, 0.717) is 18.5 Å². The van der Waals surface area contributed by atoms with Gasteiger partial charge in [0.25, 0.3) is 5.91 Å². The molecular weight excluding hydrogens is 212 g/mol. The van der Waals surface area contributed by atoms with E-state index in [-0.39, 0.29) is 5.76 Å². The summed E-state index contributed by atoms with van der Waals surface area (Å²) in [5, 5.41) is 14.8. The largest absolute Gasteiger partial charge is 0.480 e. The van der Waals surface area contributed by atoms with Gasteiger partial charge >= 0.3 is 5.97 Å². The van der Waals surface area contributed by atoms with Gasteiger partial charge in [-0.15, -0.1) is 0 Å². The summed E-state index contributed by atoms with van der Waals surface area (Å²) in [6, 6.07) is 0.572. The Morgan fingerprint density at radius 1 is 1.62 bits per heavy atom. The first-order chi connectivity index (χ1) is 7.54. The van der Waals surface area contributed by atoms with E-state index in [1.54, 1.807) is 6.92 Å². The van der Waals surface area contributed by atoms with Gasteiger partial charge < -0.3 is 14.9 Å². The summed E-state index contributed by atoms with van der Waals surface area (Å²) in [7, 11) is 0. The molecule has 0 aliphatic heterocycles. The Balaban J connectivity index is 2.65. The van der Waals surface area contributed by atoms with Crippen LogP contribution in [0.3, 0.4) is 0 Å². The second-order valence-corrected chi connectivity index (χ2v) is 3.49. The molecule has 6 nitrogen and oxygen atoms in total. The molecule has 0 aliphatic carbocycles. The number of carboxylic acid groups (broad SMARTS) is 1. The highest BCUT2D eigenvalue weighted by Crippen LogP contribution is 2.04. The maximum absolute atomic E-state index is 11.5. The van der Waals surface area contributed by atoms with E-state index in [4.69, 9.17) is 9.63 Å². The van der Waals surface area contributed by atoms with Crippen LogP contribution in [0.25, 0.3) is 0 Å². The zero-order chi connectivity index (χ0) is 12.1. The number of nitrogens with zero attached hydrogens (tertiary/aromatic N) is 1. The predicted molar refractivity (Wildman–Crippen MR) is 55.0 cm³/mol. The molecule has 88 valence electrons. The average molecular weight is 226 g/mol. The molecule has 1 amide bonds. The molecular formula is C10H14N2O4. The van der Waals surface area contributed by atoms with Crippen LogP contribution in [0.4, 0.5) is 0 Å². The van der Waals surface area contributed by atoms with Gasteiger partial charge in [0, 0.05) is 6.07 Å². The number of amides is 1. The van der Waals surface area contributed by atoms with Crippen LogP contribution in [0, 0.1) is 6.92 Å². The molecule has 1 aromatic rings. The SMILES string of the molecule is CCC[C@H](NC(=O)c1cc(C)no1)C(=O)O. The fourth-order valence-corrected chi connectivity index (χ4v) is 1.25. The van der Waals surface area contributed by atoms with Crippen molar-refractivity contribution in [2.45, 2.75) is 32.7 Å². The van der Waals surface area contributed by atoms with E-state index in [2.05, 4.69) is 10.5 Å². The molecule has 0 saturated carbocycles. The van der Waals surface area contributed by atoms with Crippen molar-refractivity contribution in [2.75, 3.05) is 0 Å². The molecule has 0 spiro atoms. The van der Waals surface area contributed by atoms with Gasteiger partial charge in [0.1, 0.15) is 6.04 Å².